The zero-order valence-corrected chi connectivity index (χ0v) is 14.1. The van der Waals surface area contributed by atoms with Gasteiger partial charge >= 0.3 is 0 Å². The van der Waals surface area contributed by atoms with Crippen molar-refractivity contribution in [3.8, 4) is 5.75 Å². The van der Waals surface area contributed by atoms with Gasteiger partial charge in [0.1, 0.15) is 5.75 Å². The summed E-state index contributed by atoms with van der Waals surface area (Å²) >= 11 is 0. The lowest BCUT2D eigenvalue weighted by atomic mass is 10.1. The molecule has 2 heteroatoms. The summed E-state index contributed by atoms with van der Waals surface area (Å²) in [4.78, 5) is 0. The molecule has 0 unspecified atom stereocenters. The van der Waals surface area contributed by atoms with E-state index in [4.69, 9.17) is 4.74 Å². The molecule has 0 heterocycles. The minimum absolute atomic E-state index is 0.675. The third-order valence-corrected chi connectivity index (χ3v) is 3.95. The largest absolute Gasteiger partial charge is 0.494 e. The van der Waals surface area contributed by atoms with E-state index in [-0.39, 0.29) is 0 Å². The minimum Gasteiger partial charge on any atom is -0.494 e. The Labute approximate surface area is 134 Å². The average molecular weight is 297 g/mol. The maximum Gasteiger partial charge on any atom is 0.119 e. The van der Waals surface area contributed by atoms with E-state index in [1.807, 2.05) is 6.07 Å². The van der Waals surface area contributed by atoms with Gasteiger partial charge in [0.25, 0.3) is 0 Å². The average Bonchev–Trinajstić information content (AvgIpc) is 2.49. The molecule has 0 atom stereocenters. The third-order valence-electron chi connectivity index (χ3n) is 3.95. The first kappa shape index (κ1) is 16.4. The first-order valence-electron chi connectivity index (χ1n) is 8.08. The SMILES string of the molecule is Cc1cccc(NCc2cccc(OCCC(C)C)c2)c1C. The van der Waals surface area contributed by atoms with Crippen molar-refractivity contribution >= 4 is 5.69 Å². The molecule has 0 amide bonds. The quantitative estimate of drug-likeness (QED) is 0.744. The second-order valence-electron chi connectivity index (χ2n) is 6.28. The molecule has 0 aliphatic rings. The molecule has 0 aliphatic carbocycles. The second kappa shape index (κ2) is 7.88. The van der Waals surface area contributed by atoms with E-state index in [0.29, 0.717) is 5.92 Å². The Morgan fingerprint density at radius 3 is 2.59 bits per heavy atom. The summed E-state index contributed by atoms with van der Waals surface area (Å²) in [7, 11) is 0. The lowest BCUT2D eigenvalue weighted by molar-refractivity contribution is 0.289. The predicted octanol–water partition coefficient (Wildman–Crippen LogP) is 5.34. The van der Waals surface area contributed by atoms with Crippen LogP contribution in [0.3, 0.4) is 0 Å². The van der Waals surface area contributed by atoms with Gasteiger partial charge in [-0.25, -0.2) is 0 Å². The molecule has 2 aromatic carbocycles. The minimum atomic E-state index is 0.675. The number of benzene rings is 2. The van der Waals surface area contributed by atoms with Gasteiger partial charge in [-0.05, 0) is 61.1 Å². The molecule has 0 saturated carbocycles. The first-order chi connectivity index (χ1) is 10.6. The number of hydrogen-bond acceptors (Lipinski definition) is 2. The van der Waals surface area contributed by atoms with Crippen molar-refractivity contribution < 1.29 is 4.74 Å². The summed E-state index contributed by atoms with van der Waals surface area (Å²) in [5.41, 5.74) is 5.07. The van der Waals surface area contributed by atoms with Gasteiger partial charge < -0.3 is 10.1 Å². The van der Waals surface area contributed by atoms with Crippen LogP contribution < -0.4 is 10.1 Å². The van der Waals surface area contributed by atoms with Crippen LogP contribution in [0.25, 0.3) is 0 Å². The lowest BCUT2D eigenvalue weighted by Gasteiger charge is -2.13. The van der Waals surface area contributed by atoms with E-state index in [2.05, 4.69) is 69.4 Å². The van der Waals surface area contributed by atoms with Crippen LogP contribution in [0.15, 0.2) is 42.5 Å². The molecule has 1 N–H and O–H groups in total. The number of anilines is 1. The highest BCUT2D eigenvalue weighted by Crippen LogP contribution is 2.20. The highest BCUT2D eigenvalue weighted by molar-refractivity contribution is 5.54. The predicted molar refractivity (Wildman–Crippen MR) is 94.6 cm³/mol. The Morgan fingerprint density at radius 1 is 1.05 bits per heavy atom. The molecule has 0 radical (unpaired) electrons. The van der Waals surface area contributed by atoms with Crippen LogP contribution in [0.2, 0.25) is 0 Å². The monoisotopic (exact) mass is 297 g/mol. The molecular weight excluding hydrogens is 270 g/mol. The van der Waals surface area contributed by atoms with Gasteiger partial charge in [0.15, 0.2) is 0 Å². The van der Waals surface area contributed by atoms with Crippen LogP contribution in [-0.2, 0) is 6.54 Å². The lowest BCUT2D eigenvalue weighted by Crippen LogP contribution is -2.04. The fraction of sp³-hybridized carbons (Fsp3) is 0.400. The number of aryl methyl sites for hydroxylation is 1. The normalized spacial score (nSPS) is 10.8. The van der Waals surface area contributed by atoms with Crippen molar-refractivity contribution in [2.24, 2.45) is 5.92 Å². The smallest absolute Gasteiger partial charge is 0.119 e. The van der Waals surface area contributed by atoms with Gasteiger partial charge in [-0.15, -0.1) is 0 Å². The summed E-state index contributed by atoms with van der Waals surface area (Å²) in [5, 5.41) is 3.52. The molecule has 0 saturated heterocycles. The molecule has 22 heavy (non-hydrogen) atoms. The van der Waals surface area contributed by atoms with Crippen LogP contribution in [0.4, 0.5) is 5.69 Å². The maximum atomic E-state index is 5.82. The van der Waals surface area contributed by atoms with E-state index in [1.54, 1.807) is 0 Å². The summed E-state index contributed by atoms with van der Waals surface area (Å²) in [6, 6.07) is 14.7. The van der Waals surface area contributed by atoms with Crippen LogP contribution in [0.1, 0.15) is 37.0 Å². The molecule has 2 aromatic rings. The summed E-state index contributed by atoms with van der Waals surface area (Å²) < 4.78 is 5.82. The Kier molecular flexibility index (Phi) is 5.88. The van der Waals surface area contributed by atoms with Crippen molar-refractivity contribution in [1.82, 2.24) is 0 Å². The number of ether oxygens (including phenoxy) is 1. The molecule has 0 bridgehead atoms. The Hall–Kier alpha value is -1.96. The molecule has 0 aromatic heterocycles. The number of nitrogens with one attached hydrogen (secondary N) is 1. The van der Waals surface area contributed by atoms with E-state index in [0.717, 1.165) is 25.3 Å². The van der Waals surface area contributed by atoms with Crippen LogP contribution in [-0.4, -0.2) is 6.61 Å². The standard InChI is InChI=1S/C20H27NO/c1-15(2)11-12-22-19-9-6-8-18(13-19)14-21-20-10-5-7-16(3)17(20)4/h5-10,13,15,21H,11-12,14H2,1-4H3. The van der Waals surface area contributed by atoms with Gasteiger partial charge in [0.2, 0.25) is 0 Å². The highest BCUT2D eigenvalue weighted by Gasteiger charge is 2.02. The second-order valence-corrected chi connectivity index (χ2v) is 6.28. The van der Waals surface area contributed by atoms with Gasteiger partial charge in [-0.1, -0.05) is 38.1 Å². The molecule has 2 nitrogen and oxygen atoms in total. The van der Waals surface area contributed by atoms with Gasteiger partial charge in [0, 0.05) is 12.2 Å². The summed E-state index contributed by atoms with van der Waals surface area (Å²) in [6.45, 7) is 10.3. The van der Waals surface area contributed by atoms with Crippen molar-refractivity contribution in [3.63, 3.8) is 0 Å². The number of rotatable bonds is 7. The molecule has 118 valence electrons. The summed E-state index contributed by atoms with van der Waals surface area (Å²) in [5.74, 6) is 1.63. The van der Waals surface area contributed by atoms with E-state index >= 15 is 0 Å². The maximum absolute atomic E-state index is 5.82. The van der Waals surface area contributed by atoms with E-state index < -0.39 is 0 Å². The Bertz CT molecular complexity index is 604. The van der Waals surface area contributed by atoms with Crippen molar-refractivity contribution in [2.75, 3.05) is 11.9 Å². The topological polar surface area (TPSA) is 21.3 Å². The van der Waals surface area contributed by atoms with Crippen molar-refractivity contribution in [1.29, 1.82) is 0 Å². The molecule has 0 aliphatic heterocycles. The fourth-order valence-electron chi connectivity index (χ4n) is 2.30. The van der Waals surface area contributed by atoms with Crippen LogP contribution in [0, 0.1) is 19.8 Å². The fourth-order valence-corrected chi connectivity index (χ4v) is 2.30. The van der Waals surface area contributed by atoms with Gasteiger partial charge in [-0.3, -0.25) is 0 Å². The molecule has 2 rings (SSSR count). The Balaban J connectivity index is 1.94. The highest BCUT2D eigenvalue weighted by atomic mass is 16.5. The first-order valence-corrected chi connectivity index (χ1v) is 8.08. The third kappa shape index (κ3) is 4.80. The van der Waals surface area contributed by atoms with Crippen molar-refractivity contribution in [2.45, 2.75) is 40.7 Å². The zero-order valence-electron chi connectivity index (χ0n) is 14.1. The van der Waals surface area contributed by atoms with Gasteiger partial charge in [0.05, 0.1) is 6.61 Å². The van der Waals surface area contributed by atoms with Crippen LogP contribution >= 0.6 is 0 Å². The Morgan fingerprint density at radius 2 is 1.82 bits per heavy atom. The number of hydrogen-bond donors (Lipinski definition) is 1. The van der Waals surface area contributed by atoms with Gasteiger partial charge in [-0.2, -0.15) is 0 Å². The van der Waals surface area contributed by atoms with Crippen LogP contribution in [0.5, 0.6) is 5.75 Å². The molecule has 0 spiro atoms. The van der Waals surface area contributed by atoms with E-state index in [9.17, 15) is 0 Å². The zero-order chi connectivity index (χ0) is 15.9. The summed E-state index contributed by atoms with van der Waals surface area (Å²) in [6.07, 6.45) is 1.09. The molecule has 0 fully saturated rings. The van der Waals surface area contributed by atoms with E-state index in [1.165, 1.54) is 22.4 Å². The van der Waals surface area contributed by atoms with Crippen molar-refractivity contribution in [3.05, 3.63) is 59.2 Å². The molecular formula is C20H27NO.